The Kier molecular flexibility index (Phi) is 3.10. The molecule has 2 aromatic rings. The molecule has 0 radical (unpaired) electrons. The molecular formula is C11H14IN5O. The summed E-state index contributed by atoms with van der Waals surface area (Å²) in [6.45, 7) is 0. The van der Waals surface area contributed by atoms with Gasteiger partial charge in [0.05, 0.1) is 12.4 Å². The molecule has 3 N–H and O–H groups in total. The summed E-state index contributed by atoms with van der Waals surface area (Å²) in [5.41, 5.74) is 7.17. The van der Waals surface area contributed by atoms with Gasteiger partial charge in [0.15, 0.2) is 11.5 Å². The van der Waals surface area contributed by atoms with Gasteiger partial charge in [0, 0.05) is 10.5 Å². The number of halogens is 1. The number of aromatic nitrogens is 4. The molecule has 96 valence electrons. The summed E-state index contributed by atoms with van der Waals surface area (Å²) in [6.07, 6.45) is 4.69. The number of rotatable bonds is 2. The van der Waals surface area contributed by atoms with Crippen LogP contribution in [0.25, 0.3) is 11.2 Å². The molecule has 6 nitrogen and oxygen atoms in total. The summed E-state index contributed by atoms with van der Waals surface area (Å²) >= 11 is 2.33. The van der Waals surface area contributed by atoms with E-state index in [9.17, 15) is 5.11 Å². The maximum Gasteiger partial charge on any atom is 0.165 e. The van der Waals surface area contributed by atoms with Gasteiger partial charge in [0.1, 0.15) is 11.8 Å². The normalized spacial score (nSPS) is 28.0. The lowest BCUT2D eigenvalue weighted by Crippen LogP contribution is -2.13. The number of nitrogen functional groups attached to an aromatic ring is 1. The number of anilines is 1. The molecule has 3 unspecified atom stereocenters. The third-order valence-corrected chi connectivity index (χ3v) is 4.74. The van der Waals surface area contributed by atoms with Crippen molar-refractivity contribution in [1.29, 1.82) is 0 Å². The van der Waals surface area contributed by atoms with E-state index in [1.807, 2.05) is 4.57 Å². The molecule has 1 fully saturated rings. The smallest absolute Gasteiger partial charge is 0.165 e. The Morgan fingerprint density at radius 3 is 2.94 bits per heavy atom. The highest BCUT2D eigenvalue weighted by atomic mass is 127. The van der Waals surface area contributed by atoms with Crippen molar-refractivity contribution in [3.8, 4) is 0 Å². The number of hydrogen-bond donors (Lipinski definition) is 2. The van der Waals surface area contributed by atoms with Crippen LogP contribution in [0.15, 0.2) is 12.7 Å². The highest BCUT2D eigenvalue weighted by molar-refractivity contribution is 14.1. The van der Waals surface area contributed by atoms with Crippen molar-refractivity contribution in [1.82, 2.24) is 19.5 Å². The Morgan fingerprint density at radius 1 is 1.39 bits per heavy atom. The molecule has 0 saturated heterocycles. The zero-order chi connectivity index (χ0) is 12.7. The van der Waals surface area contributed by atoms with E-state index in [1.54, 1.807) is 6.33 Å². The first kappa shape index (κ1) is 12.1. The summed E-state index contributed by atoms with van der Waals surface area (Å²) in [5, 5.41) is 9.99. The molecule has 1 aliphatic rings. The van der Waals surface area contributed by atoms with Crippen LogP contribution in [0.1, 0.15) is 18.9 Å². The van der Waals surface area contributed by atoms with E-state index in [0.29, 0.717) is 17.3 Å². The van der Waals surface area contributed by atoms with E-state index < -0.39 is 0 Å². The summed E-state index contributed by atoms with van der Waals surface area (Å²) in [6, 6.07) is 0.249. The fourth-order valence-electron chi connectivity index (χ4n) is 2.60. The first-order valence-electron chi connectivity index (χ1n) is 5.87. The van der Waals surface area contributed by atoms with Crippen LogP contribution >= 0.6 is 22.6 Å². The molecule has 3 rings (SSSR count). The van der Waals surface area contributed by atoms with Crippen LogP contribution in [0.5, 0.6) is 0 Å². The number of aliphatic hydroxyl groups is 1. The van der Waals surface area contributed by atoms with Gasteiger partial charge in [-0.3, -0.25) is 0 Å². The second-order valence-corrected chi connectivity index (χ2v) is 5.57. The van der Waals surface area contributed by atoms with Gasteiger partial charge in [-0.15, -0.1) is 0 Å². The Morgan fingerprint density at radius 2 is 2.22 bits per heavy atom. The molecule has 18 heavy (non-hydrogen) atoms. The summed E-state index contributed by atoms with van der Waals surface area (Å²) in [4.78, 5) is 12.5. The average Bonchev–Trinajstić information content (AvgIpc) is 2.93. The highest BCUT2D eigenvalue weighted by Gasteiger charge is 2.34. The van der Waals surface area contributed by atoms with Crippen molar-refractivity contribution in [2.24, 2.45) is 5.92 Å². The van der Waals surface area contributed by atoms with Crippen LogP contribution in [0.4, 0.5) is 5.82 Å². The Bertz CT molecular complexity index is 572. The van der Waals surface area contributed by atoms with Crippen molar-refractivity contribution in [3.05, 3.63) is 12.7 Å². The maximum absolute atomic E-state index is 9.99. The third kappa shape index (κ3) is 1.85. The lowest BCUT2D eigenvalue weighted by molar-refractivity contribution is 0.142. The van der Waals surface area contributed by atoms with E-state index in [-0.39, 0.29) is 12.1 Å². The zero-order valence-electron chi connectivity index (χ0n) is 9.70. The maximum atomic E-state index is 9.99. The fourth-order valence-corrected chi connectivity index (χ4v) is 3.55. The third-order valence-electron chi connectivity index (χ3n) is 3.61. The molecule has 2 aromatic heterocycles. The Hall–Kier alpha value is -0.960. The number of nitrogens with zero attached hydrogens (tertiary/aromatic N) is 4. The molecule has 0 spiro atoms. The summed E-state index contributed by atoms with van der Waals surface area (Å²) in [5.74, 6) is 0.759. The number of hydrogen-bond acceptors (Lipinski definition) is 5. The van der Waals surface area contributed by atoms with Gasteiger partial charge < -0.3 is 15.4 Å². The topological polar surface area (TPSA) is 89.9 Å². The zero-order valence-corrected chi connectivity index (χ0v) is 11.9. The minimum absolute atomic E-state index is 0.233. The second kappa shape index (κ2) is 4.61. The van der Waals surface area contributed by atoms with Crippen molar-refractivity contribution >= 4 is 39.6 Å². The van der Waals surface area contributed by atoms with Gasteiger partial charge >= 0.3 is 0 Å². The van der Waals surface area contributed by atoms with Gasteiger partial charge in [0.2, 0.25) is 0 Å². The molecular weight excluding hydrogens is 345 g/mol. The number of aliphatic hydroxyl groups excluding tert-OH is 1. The average molecular weight is 359 g/mol. The van der Waals surface area contributed by atoms with E-state index in [2.05, 4.69) is 37.5 Å². The van der Waals surface area contributed by atoms with Crippen LogP contribution in [0.3, 0.4) is 0 Å². The lowest BCUT2D eigenvalue weighted by atomic mass is 10.1. The van der Waals surface area contributed by atoms with Gasteiger partial charge in [-0.1, -0.05) is 22.6 Å². The number of fused-ring (bicyclic) bond motifs is 1. The first-order valence-corrected chi connectivity index (χ1v) is 7.40. The van der Waals surface area contributed by atoms with E-state index >= 15 is 0 Å². The Balaban J connectivity index is 1.99. The number of nitrogens with two attached hydrogens (primary N) is 1. The quantitative estimate of drug-likeness (QED) is 0.620. The molecule has 1 aliphatic carbocycles. The van der Waals surface area contributed by atoms with Gasteiger partial charge in [0.25, 0.3) is 0 Å². The molecule has 0 amide bonds. The molecule has 7 heteroatoms. The SMILES string of the molecule is Nc1ncnc2c1ncn2C1CC(O)C(CI)C1. The minimum atomic E-state index is -0.233. The molecule has 0 bridgehead atoms. The largest absolute Gasteiger partial charge is 0.393 e. The van der Waals surface area contributed by atoms with E-state index in [0.717, 1.165) is 22.9 Å². The highest BCUT2D eigenvalue weighted by Crippen LogP contribution is 2.37. The predicted molar refractivity (Wildman–Crippen MR) is 76.4 cm³/mol. The van der Waals surface area contributed by atoms with Gasteiger partial charge in [-0.2, -0.15) is 0 Å². The van der Waals surface area contributed by atoms with Crippen LogP contribution in [-0.2, 0) is 0 Å². The second-order valence-electron chi connectivity index (χ2n) is 4.69. The van der Waals surface area contributed by atoms with Crippen molar-refractivity contribution in [2.45, 2.75) is 25.0 Å². The van der Waals surface area contributed by atoms with Gasteiger partial charge in [-0.05, 0) is 18.8 Å². The summed E-state index contributed by atoms with van der Waals surface area (Å²) < 4.78 is 2.99. The van der Waals surface area contributed by atoms with Crippen molar-refractivity contribution in [2.75, 3.05) is 10.2 Å². The van der Waals surface area contributed by atoms with Crippen LogP contribution in [-0.4, -0.2) is 35.2 Å². The van der Waals surface area contributed by atoms with E-state index in [4.69, 9.17) is 5.73 Å². The van der Waals surface area contributed by atoms with Crippen LogP contribution < -0.4 is 5.73 Å². The molecule has 0 aliphatic heterocycles. The minimum Gasteiger partial charge on any atom is -0.393 e. The Labute approximate surface area is 118 Å². The molecule has 2 heterocycles. The van der Waals surface area contributed by atoms with Crippen LogP contribution in [0, 0.1) is 5.92 Å². The molecule has 0 aromatic carbocycles. The monoisotopic (exact) mass is 359 g/mol. The lowest BCUT2D eigenvalue weighted by Gasteiger charge is -2.11. The standard InChI is InChI=1S/C11H14IN5O/c12-3-6-1-7(2-8(6)18)17-5-16-9-10(13)14-4-15-11(9)17/h4-8,18H,1-3H2,(H2,13,14,15). The number of imidazole rings is 1. The number of alkyl halides is 1. The van der Waals surface area contributed by atoms with E-state index in [1.165, 1.54) is 6.33 Å². The molecule has 3 atom stereocenters. The summed E-state index contributed by atoms with van der Waals surface area (Å²) in [7, 11) is 0. The van der Waals surface area contributed by atoms with Crippen molar-refractivity contribution < 1.29 is 5.11 Å². The fraction of sp³-hybridized carbons (Fsp3) is 0.545. The van der Waals surface area contributed by atoms with Crippen molar-refractivity contribution in [3.63, 3.8) is 0 Å². The predicted octanol–water partition coefficient (Wildman–Crippen LogP) is 1.16. The first-order chi connectivity index (χ1) is 8.70. The van der Waals surface area contributed by atoms with Crippen LogP contribution in [0.2, 0.25) is 0 Å². The van der Waals surface area contributed by atoms with Gasteiger partial charge in [-0.25, -0.2) is 15.0 Å². The molecule has 1 saturated carbocycles.